The van der Waals surface area contributed by atoms with Crippen molar-refractivity contribution in [3.8, 4) is 6.07 Å². The van der Waals surface area contributed by atoms with Crippen molar-refractivity contribution in [1.82, 2.24) is 5.32 Å². The molecular weight excluding hydrogens is 334 g/mol. The number of hydrogen-bond donors (Lipinski definition) is 2. The summed E-state index contributed by atoms with van der Waals surface area (Å²) in [4.78, 5) is 23.9. The summed E-state index contributed by atoms with van der Waals surface area (Å²) in [5.74, 6) is 0.708. The second-order valence-electron chi connectivity index (χ2n) is 5.41. The van der Waals surface area contributed by atoms with Crippen LogP contribution in [0.4, 0.5) is 5.69 Å². The third kappa shape index (κ3) is 5.10. The minimum Gasteiger partial charge on any atom is -0.355 e. The highest BCUT2D eigenvalue weighted by Gasteiger charge is 2.12. The van der Waals surface area contributed by atoms with Crippen molar-refractivity contribution in [2.75, 3.05) is 18.1 Å². The molecule has 0 bridgehead atoms. The largest absolute Gasteiger partial charge is 0.355 e. The third-order valence-electron chi connectivity index (χ3n) is 3.66. The van der Waals surface area contributed by atoms with Crippen LogP contribution in [0.1, 0.15) is 27.0 Å². The molecule has 2 amide bonds. The maximum atomic E-state index is 12.1. The molecule has 5 nitrogen and oxygen atoms in total. The van der Waals surface area contributed by atoms with Gasteiger partial charge in [-0.05, 0) is 42.3 Å². The number of nitriles is 1. The minimum absolute atomic E-state index is 0.115. The molecule has 0 fully saturated rings. The molecule has 2 N–H and O–H groups in total. The summed E-state index contributed by atoms with van der Waals surface area (Å²) in [5, 5.41) is 14.2. The van der Waals surface area contributed by atoms with E-state index in [0.717, 1.165) is 11.1 Å². The zero-order valence-electron chi connectivity index (χ0n) is 14.1. The number of thioether (sulfide) groups is 1. The lowest BCUT2D eigenvalue weighted by Gasteiger charge is -2.11. The zero-order chi connectivity index (χ0) is 18.2. The maximum Gasteiger partial charge on any atom is 0.251 e. The molecule has 0 atom stereocenters. The Morgan fingerprint density at radius 2 is 1.88 bits per heavy atom. The van der Waals surface area contributed by atoms with Gasteiger partial charge in [-0.2, -0.15) is 5.26 Å². The lowest BCUT2D eigenvalue weighted by Crippen LogP contribution is -2.20. The van der Waals surface area contributed by atoms with Crippen molar-refractivity contribution in [2.24, 2.45) is 0 Å². The van der Waals surface area contributed by atoms with Gasteiger partial charge in [0.1, 0.15) is 0 Å². The predicted octanol–water partition coefficient (Wildman–Crippen LogP) is 3.10. The second-order valence-corrected chi connectivity index (χ2v) is 6.39. The Morgan fingerprint density at radius 1 is 1.16 bits per heavy atom. The van der Waals surface area contributed by atoms with Crippen molar-refractivity contribution < 1.29 is 9.59 Å². The number of benzene rings is 2. The van der Waals surface area contributed by atoms with Crippen LogP contribution in [-0.4, -0.2) is 24.6 Å². The van der Waals surface area contributed by atoms with Crippen molar-refractivity contribution in [2.45, 2.75) is 12.7 Å². The van der Waals surface area contributed by atoms with E-state index in [4.69, 9.17) is 5.26 Å². The molecular formula is C19H19N3O2S. The number of rotatable bonds is 6. The first-order valence-corrected chi connectivity index (χ1v) is 8.89. The Bertz CT molecular complexity index is 810. The molecule has 0 aliphatic carbocycles. The Hall–Kier alpha value is -2.78. The molecule has 0 heterocycles. The Morgan fingerprint density at radius 3 is 2.52 bits per heavy atom. The molecule has 2 aromatic rings. The highest BCUT2D eigenvalue weighted by atomic mass is 32.2. The molecule has 2 rings (SSSR count). The first-order valence-electron chi connectivity index (χ1n) is 7.73. The van der Waals surface area contributed by atoms with Gasteiger partial charge in [-0.25, -0.2) is 0 Å². The van der Waals surface area contributed by atoms with Gasteiger partial charge in [0, 0.05) is 24.1 Å². The number of amides is 2. The molecule has 2 aromatic carbocycles. The Balaban J connectivity index is 1.90. The van der Waals surface area contributed by atoms with E-state index >= 15 is 0 Å². The van der Waals surface area contributed by atoms with E-state index in [-0.39, 0.29) is 11.8 Å². The SMILES string of the molecule is CNC(=O)c1cccc(NC(=O)CSCc2ccc(C#N)cc2)c1C. The van der Waals surface area contributed by atoms with Crippen molar-refractivity contribution in [3.05, 3.63) is 64.7 Å². The summed E-state index contributed by atoms with van der Waals surface area (Å²) in [6, 6.07) is 14.6. The Labute approximate surface area is 151 Å². The monoisotopic (exact) mass is 353 g/mol. The highest BCUT2D eigenvalue weighted by Crippen LogP contribution is 2.20. The van der Waals surface area contributed by atoms with Gasteiger partial charge >= 0.3 is 0 Å². The molecule has 0 saturated heterocycles. The predicted molar refractivity (Wildman–Crippen MR) is 101 cm³/mol. The van der Waals surface area contributed by atoms with E-state index in [1.54, 1.807) is 37.4 Å². The van der Waals surface area contributed by atoms with E-state index in [0.29, 0.717) is 28.3 Å². The fraction of sp³-hybridized carbons (Fsp3) is 0.211. The Kier molecular flexibility index (Phi) is 6.61. The first-order chi connectivity index (χ1) is 12.0. The van der Waals surface area contributed by atoms with Crippen LogP contribution in [0.5, 0.6) is 0 Å². The summed E-state index contributed by atoms with van der Waals surface area (Å²) < 4.78 is 0. The molecule has 0 saturated carbocycles. The number of carbonyl (C=O) groups is 2. The van der Waals surface area contributed by atoms with E-state index in [1.807, 2.05) is 19.1 Å². The average Bonchev–Trinajstić information content (AvgIpc) is 2.63. The van der Waals surface area contributed by atoms with Crippen LogP contribution < -0.4 is 10.6 Å². The number of anilines is 1. The molecule has 25 heavy (non-hydrogen) atoms. The van der Waals surface area contributed by atoms with Crippen LogP contribution in [0.3, 0.4) is 0 Å². The normalized spacial score (nSPS) is 9.96. The lowest BCUT2D eigenvalue weighted by molar-refractivity contribution is -0.113. The molecule has 0 radical (unpaired) electrons. The lowest BCUT2D eigenvalue weighted by atomic mass is 10.1. The van der Waals surface area contributed by atoms with Gasteiger partial charge in [0.05, 0.1) is 17.4 Å². The molecule has 0 aliphatic rings. The van der Waals surface area contributed by atoms with E-state index < -0.39 is 0 Å². The van der Waals surface area contributed by atoms with Gasteiger partial charge < -0.3 is 10.6 Å². The first kappa shape index (κ1) is 18.6. The van der Waals surface area contributed by atoms with Gasteiger partial charge in [-0.3, -0.25) is 9.59 Å². The van der Waals surface area contributed by atoms with Crippen LogP contribution in [0.25, 0.3) is 0 Å². The quantitative estimate of drug-likeness (QED) is 0.836. The molecule has 0 unspecified atom stereocenters. The number of carbonyl (C=O) groups excluding carboxylic acids is 2. The molecule has 6 heteroatoms. The third-order valence-corrected chi connectivity index (χ3v) is 4.67. The van der Waals surface area contributed by atoms with E-state index in [1.165, 1.54) is 11.8 Å². The smallest absolute Gasteiger partial charge is 0.251 e. The molecule has 0 aliphatic heterocycles. The second kappa shape index (κ2) is 8.90. The molecule has 0 aromatic heterocycles. The van der Waals surface area contributed by atoms with E-state index in [9.17, 15) is 9.59 Å². The number of hydrogen-bond acceptors (Lipinski definition) is 4. The fourth-order valence-corrected chi connectivity index (χ4v) is 3.06. The summed E-state index contributed by atoms with van der Waals surface area (Å²) >= 11 is 1.49. The van der Waals surface area contributed by atoms with Gasteiger partial charge in [0.2, 0.25) is 5.91 Å². The van der Waals surface area contributed by atoms with Crippen LogP contribution in [0.2, 0.25) is 0 Å². The summed E-state index contributed by atoms with van der Waals surface area (Å²) in [6.07, 6.45) is 0. The van der Waals surface area contributed by atoms with E-state index in [2.05, 4.69) is 16.7 Å². The van der Waals surface area contributed by atoms with Crippen LogP contribution in [-0.2, 0) is 10.5 Å². The fourth-order valence-electron chi connectivity index (χ4n) is 2.28. The topological polar surface area (TPSA) is 82.0 Å². The number of nitrogens with one attached hydrogen (secondary N) is 2. The summed E-state index contributed by atoms with van der Waals surface area (Å²) in [6.45, 7) is 1.81. The maximum absolute atomic E-state index is 12.1. The van der Waals surface area contributed by atoms with Crippen molar-refractivity contribution in [1.29, 1.82) is 5.26 Å². The highest BCUT2D eigenvalue weighted by molar-refractivity contribution is 7.99. The van der Waals surface area contributed by atoms with Gasteiger partial charge in [0.25, 0.3) is 5.91 Å². The van der Waals surface area contributed by atoms with Crippen LogP contribution in [0.15, 0.2) is 42.5 Å². The number of nitrogens with zero attached hydrogens (tertiary/aromatic N) is 1. The van der Waals surface area contributed by atoms with Gasteiger partial charge in [0.15, 0.2) is 0 Å². The zero-order valence-corrected chi connectivity index (χ0v) is 14.9. The van der Waals surface area contributed by atoms with Gasteiger partial charge in [-0.15, -0.1) is 11.8 Å². The summed E-state index contributed by atoms with van der Waals surface area (Å²) in [5.41, 5.74) is 3.62. The molecule has 0 spiro atoms. The van der Waals surface area contributed by atoms with Crippen molar-refractivity contribution in [3.63, 3.8) is 0 Å². The minimum atomic E-state index is -0.177. The van der Waals surface area contributed by atoms with Crippen LogP contribution >= 0.6 is 11.8 Å². The standard InChI is InChI=1S/C19H19N3O2S/c1-13-16(19(24)21-2)4-3-5-17(13)22-18(23)12-25-11-15-8-6-14(10-20)7-9-15/h3-9H,11-12H2,1-2H3,(H,21,24)(H,22,23). The average molecular weight is 353 g/mol. The van der Waals surface area contributed by atoms with Crippen molar-refractivity contribution >= 4 is 29.3 Å². The van der Waals surface area contributed by atoms with Gasteiger partial charge in [-0.1, -0.05) is 18.2 Å². The summed E-state index contributed by atoms with van der Waals surface area (Å²) in [7, 11) is 1.58. The van der Waals surface area contributed by atoms with Crippen LogP contribution in [0, 0.1) is 18.3 Å². The molecule has 128 valence electrons.